The maximum absolute atomic E-state index is 13.7. The molecule has 6 aliphatic rings. The third-order valence-corrected chi connectivity index (χ3v) is 17.8. The Bertz CT molecular complexity index is 2080. The Kier molecular flexibility index (Phi) is 11.1. The molecule has 0 aromatic heterocycles. The smallest absolute Gasteiger partial charge is 0.264 e. The predicted molar refractivity (Wildman–Crippen MR) is 220 cm³/mol. The Balaban J connectivity index is 1.19. The highest BCUT2D eigenvalue weighted by Gasteiger charge is 2.51. The van der Waals surface area contributed by atoms with E-state index in [0.717, 1.165) is 55.9 Å². The fourth-order valence-corrected chi connectivity index (χ4v) is 13.6. The molecule has 2 saturated heterocycles. The van der Waals surface area contributed by atoms with E-state index in [4.69, 9.17) is 21.1 Å². The molecule has 1 amide bonds. The Labute approximate surface area is 338 Å². The van der Waals surface area contributed by atoms with Crippen molar-refractivity contribution in [3.8, 4) is 5.75 Å². The molecule has 4 aliphatic heterocycles. The number of piperazine rings is 1. The summed E-state index contributed by atoms with van der Waals surface area (Å²) in [4.78, 5) is 20.8. The van der Waals surface area contributed by atoms with Gasteiger partial charge in [-0.25, -0.2) is 21.6 Å². The topological polar surface area (TPSA) is 126 Å². The van der Waals surface area contributed by atoms with Gasteiger partial charge < -0.3 is 14.4 Å². The van der Waals surface area contributed by atoms with Crippen molar-refractivity contribution in [1.29, 1.82) is 0 Å². The van der Waals surface area contributed by atoms with Crippen molar-refractivity contribution in [2.24, 2.45) is 17.8 Å². The largest absolute Gasteiger partial charge is 0.490 e. The van der Waals surface area contributed by atoms with Crippen LogP contribution in [0.2, 0.25) is 5.02 Å². The first kappa shape index (κ1) is 40.1. The number of halogens is 1. The lowest BCUT2D eigenvalue weighted by Gasteiger charge is -2.53. The minimum absolute atomic E-state index is 0.0398. The molecular formula is C42H57ClN4O7S2. The normalized spacial score (nSPS) is 35.1. The molecule has 1 spiro atoms. The molecule has 14 heteroatoms. The number of hydrogen-bond acceptors (Lipinski definition) is 10. The Morgan fingerprint density at radius 1 is 1.04 bits per heavy atom. The summed E-state index contributed by atoms with van der Waals surface area (Å²) in [6, 6.07) is 11.5. The van der Waals surface area contributed by atoms with E-state index in [2.05, 4.69) is 43.7 Å². The molecule has 56 heavy (non-hydrogen) atoms. The van der Waals surface area contributed by atoms with Gasteiger partial charge in [0.25, 0.3) is 5.91 Å². The molecule has 3 fully saturated rings. The number of fused-ring (bicyclic) bond motifs is 5. The van der Waals surface area contributed by atoms with E-state index in [9.17, 15) is 21.6 Å². The number of amides is 1. The number of carbonyl (C=O) groups is 1. The second kappa shape index (κ2) is 15.5. The van der Waals surface area contributed by atoms with Crippen LogP contribution in [0.1, 0.15) is 74.4 Å². The van der Waals surface area contributed by atoms with E-state index in [1.165, 1.54) is 11.1 Å². The van der Waals surface area contributed by atoms with Crippen molar-refractivity contribution in [3.05, 3.63) is 70.3 Å². The fraction of sp³-hybridized carbons (Fsp3) is 0.643. The highest BCUT2D eigenvalue weighted by atomic mass is 35.5. The number of sulfonamides is 1. The van der Waals surface area contributed by atoms with Gasteiger partial charge in [0.2, 0.25) is 10.0 Å². The molecule has 0 radical (unpaired) electrons. The molecule has 2 bridgehead atoms. The van der Waals surface area contributed by atoms with Crippen LogP contribution in [-0.4, -0.2) is 120 Å². The highest BCUT2D eigenvalue weighted by Crippen LogP contribution is 2.49. The van der Waals surface area contributed by atoms with Crippen LogP contribution < -0.4 is 14.4 Å². The Hall–Kier alpha value is -2.68. The monoisotopic (exact) mass is 828 g/mol. The van der Waals surface area contributed by atoms with Gasteiger partial charge in [-0.1, -0.05) is 36.7 Å². The van der Waals surface area contributed by atoms with Crippen molar-refractivity contribution in [2.75, 3.05) is 75.4 Å². The van der Waals surface area contributed by atoms with E-state index in [-0.39, 0.29) is 46.3 Å². The molecule has 4 heterocycles. The van der Waals surface area contributed by atoms with Gasteiger partial charge in [-0.05, 0) is 112 Å². The van der Waals surface area contributed by atoms with Crippen LogP contribution >= 0.6 is 11.6 Å². The number of ether oxygens (including phenoxy) is 2. The third-order valence-electron chi connectivity index (χ3n) is 13.9. The van der Waals surface area contributed by atoms with Crippen LogP contribution in [0.25, 0.3) is 0 Å². The van der Waals surface area contributed by atoms with E-state index >= 15 is 0 Å². The first-order valence-electron chi connectivity index (χ1n) is 20.5. The van der Waals surface area contributed by atoms with Gasteiger partial charge in [0, 0.05) is 74.5 Å². The van der Waals surface area contributed by atoms with Crippen LogP contribution in [0.15, 0.2) is 48.6 Å². The maximum atomic E-state index is 13.7. The molecule has 8 rings (SSSR count). The number of allylic oxidation sites excluding steroid dienone is 1. The molecule has 2 aromatic rings. The highest BCUT2D eigenvalue weighted by molar-refractivity contribution is 7.91. The summed E-state index contributed by atoms with van der Waals surface area (Å²) < 4.78 is 68.8. The van der Waals surface area contributed by atoms with Gasteiger partial charge in [0.1, 0.15) is 11.4 Å². The van der Waals surface area contributed by atoms with Gasteiger partial charge in [-0.2, -0.15) is 0 Å². The zero-order valence-electron chi connectivity index (χ0n) is 32.9. The number of benzene rings is 2. The SMILES string of the molecule is CCO[C@]1(CN2CCN3CCS(=O)(=O)C[C@@H]3C2)/C=C\C[C@H](C)[C@@H](C)S(=O)(=O)NC(=O)c2ccc3c(c2)N(C[C@@H]2CC[C@H]21)C[C@@]1(CCCc2cc(Cl)ccc21)CO3. The molecule has 1 saturated carbocycles. The molecule has 1 N–H and O–H groups in total. The standard InChI is InChI=1S/C42H57ClN4O7S2/c1-4-54-42(27-45-17-18-46-19-20-55(49,50)25-35(46)24-45)16-5-7-29(2)30(3)56(51,52)44-40(48)32-10-14-39-38(22-32)47(23-33-9-12-37(33)42)26-41(28-53-39)15-6-8-31-21-34(43)11-13-36(31)41/h5,10-11,13-14,16,21-22,29-30,33,35,37H,4,6-9,12,15,17-20,23-28H2,1-3H3,(H,44,48)/b16-5-/t29-,30+,33-,35-,37+,41-,42-/m0/s1. The predicted octanol–water partition coefficient (Wildman–Crippen LogP) is 5.07. The third kappa shape index (κ3) is 7.77. The number of rotatable bonds is 4. The van der Waals surface area contributed by atoms with Gasteiger partial charge in [-0.15, -0.1) is 0 Å². The Morgan fingerprint density at radius 2 is 1.88 bits per heavy atom. The van der Waals surface area contributed by atoms with Crippen LogP contribution in [0, 0.1) is 17.8 Å². The minimum Gasteiger partial charge on any atom is -0.490 e. The lowest BCUT2D eigenvalue weighted by atomic mass is 9.63. The first-order valence-corrected chi connectivity index (χ1v) is 24.3. The van der Waals surface area contributed by atoms with Gasteiger partial charge >= 0.3 is 0 Å². The van der Waals surface area contributed by atoms with Gasteiger partial charge in [0.05, 0.1) is 29.0 Å². The van der Waals surface area contributed by atoms with Crippen molar-refractivity contribution in [1.82, 2.24) is 14.5 Å². The second-order valence-corrected chi connectivity index (χ2v) is 22.2. The average Bonchev–Trinajstić information content (AvgIpc) is 3.28. The molecule has 2 aromatic carbocycles. The molecule has 11 nitrogen and oxygen atoms in total. The zero-order chi connectivity index (χ0) is 39.5. The quantitative estimate of drug-likeness (QED) is 0.418. The molecular weight excluding hydrogens is 772 g/mol. The summed E-state index contributed by atoms with van der Waals surface area (Å²) in [5.74, 6) is 0.568. The van der Waals surface area contributed by atoms with Crippen molar-refractivity contribution in [3.63, 3.8) is 0 Å². The van der Waals surface area contributed by atoms with Crippen molar-refractivity contribution in [2.45, 2.75) is 81.6 Å². The summed E-state index contributed by atoms with van der Waals surface area (Å²) in [5, 5.41) is -0.106. The van der Waals surface area contributed by atoms with E-state index in [0.29, 0.717) is 58.1 Å². The molecule has 2 aliphatic carbocycles. The summed E-state index contributed by atoms with van der Waals surface area (Å²) in [7, 11) is -7.09. The minimum atomic E-state index is -4.01. The van der Waals surface area contributed by atoms with Crippen LogP contribution in [0.3, 0.4) is 0 Å². The first-order chi connectivity index (χ1) is 26.7. The van der Waals surface area contributed by atoms with Gasteiger partial charge in [0.15, 0.2) is 9.84 Å². The second-order valence-electron chi connectivity index (χ2n) is 17.5. The van der Waals surface area contributed by atoms with Gasteiger partial charge in [-0.3, -0.25) is 14.6 Å². The number of anilines is 1. The fourth-order valence-electron chi connectivity index (χ4n) is 10.5. The summed E-state index contributed by atoms with van der Waals surface area (Å²) in [6.07, 6.45) is 9.67. The van der Waals surface area contributed by atoms with Crippen molar-refractivity contribution >= 4 is 43.1 Å². The lowest BCUT2D eigenvalue weighted by Crippen LogP contribution is -2.63. The van der Waals surface area contributed by atoms with E-state index in [1.807, 2.05) is 32.0 Å². The molecule has 306 valence electrons. The maximum Gasteiger partial charge on any atom is 0.264 e. The zero-order valence-corrected chi connectivity index (χ0v) is 35.3. The summed E-state index contributed by atoms with van der Waals surface area (Å²) in [5.41, 5.74) is 2.58. The van der Waals surface area contributed by atoms with E-state index < -0.39 is 36.6 Å². The summed E-state index contributed by atoms with van der Waals surface area (Å²) >= 11 is 6.51. The molecule has 7 atom stereocenters. The summed E-state index contributed by atoms with van der Waals surface area (Å²) in [6.45, 7) is 11.5. The number of carbonyl (C=O) groups excluding carboxylic acids is 1. The number of nitrogens with zero attached hydrogens (tertiary/aromatic N) is 3. The van der Waals surface area contributed by atoms with Crippen LogP contribution in [0.5, 0.6) is 5.75 Å². The Morgan fingerprint density at radius 3 is 2.66 bits per heavy atom. The number of sulfone groups is 1. The van der Waals surface area contributed by atoms with Crippen LogP contribution in [0.4, 0.5) is 5.69 Å². The number of nitrogens with one attached hydrogen (secondary N) is 1. The lowest BCUT2D eigenvalue weighted by molar-refractivity contribution is -0.114. The number of hydrogen-bond donors (Lipinski definition) is 1. The number of aryl methyl sites for hydroxylation is 1. The van der Waals surface area contributed by atoms with Crippen molar-refractivity contribution < 1.29 is 31.1 Å². The van der Waals surface area contributed by atoms with E-state index in [1.54, 1.807) is 13.0 Å². The molecule has 0 unspecified atom stereocenters. The average molecular weight is 830 g/mol. The van der Waals surface area contributed by atoms with Crippen LogP contribution in [-0.2, 0) is 36.4 Å².